The molecule has 0 aromatic carbocycles. The Kier molecular flexibility index (Phi) is 5.49. The summed E-state index contributed by atoms with van der Waals surface area (Å²) in [6.07, 6.45) is -12.5. The number of hydrogen-bond donors (Lipinski definition) is 1. The first-order chi connectivity index (χ1) is 8.62. The third-order valence-electron chi connectivity index (χ3n) is 3.16. The van der Waals surface area contributed by atoms with Crippen LogP contribution in [0.25, 0.3) is 0 Å². The average Bonchev–Trinajstić information content (AvgIpc) is 2.19. The Hall–Kier alpha value is -0.500. The highest BCUT2D eigenvalue weighted by Crippen LogP contribution is 2.37. The minimum absolute atomic E-state index is 0.129. The largest absolute Gasteiger partial charge is 0.423 e. The Morgan fingerprint density at radius 3 is 1.79 bits per heavy atom. The molecule has 0 aromatic heterocycles. The summed E-state index contributed by atoms with van der Waals surface area (Å²) in [4.78, 5) is 0. The highest BCUT2D eigenvalue weighted by atomic mass is 19.4. The van der Waals surface area contributed by atoms with Crippen LogP contribution < -0.4 is 5.73 Å². The molecule has 19 heavy (non-hydrogen) atoms. The van der Waals surface area contributed by atoms with Gasteiger partial charge >= 0.3 is 12.4 Å². The van der Waals surface area contributed by atoms with Crippen LogP contribution in [0, 0.1) is 0 Å². The van der Waals surface area contributed by atoms with E-state index in [0.29, 0.717) is 19.3 Å². The fourth-order valence-electron chi connectivity index (χ4n) is 2.16. The maximum absolute atomic E-state index is 12.4. The van der Waals surface area contributed by atoms with Gasteiger partial charge in [0.25, 0.3) is 0 Å². The van der Waals surface area contributed by atoms with Crippen molar-refractivity contribution in [2.45, 2.75) is 69.1 Å². The van der Waals surface area contributed by atoms with Crippen LogP contribution in [-0.4, -0.2) is 30.6 Å². The van der Waals surface area contributed by atoms with E-state index in [1.54, 1.807) is 0 Å². The SMILES string of the molecule is NC1CCCCCCC1OC(C(F)(F)F)C(F)(F)F. The van der Waals surface area contributed by atoms with Crippen LogP contribution in [0.15, 0.2) is 0 Å². The van der Waals surface area contributed by atoms with Crippen molar-refractivity contribution in [2.75, 3.05) is 0 Å². The molecular weight excluding hydrogens is 276 g/mol. The predicted molar refractivity (Wildman–Crippen MR) is 56.4 cm³/mol. The summed E-state index contributed by atoms with van der Waals surface area (Å²) < 4.78 is 78.7. The Labute approximate surface area is 107 Å². The van der Waals surface area contributed by atoms with Crippen LogP contribution in [0.4, 0.5) is 26.3 Å². The molecule has 2 atom stereocenters. The molecule has 1 rings (SSSR count). The first-order valence-corrected chi connectivity index (χ1v) is 6.17. The van der Waals surface area contributed by atoms with Crippen molar-refractivity contribution in [2.24, 2.45) is 5.73 Å². The van der Waals surface area contributed by atoms with E-state index in [-0.39, 0.29) is 6.42 Å². The van der Waals surface area contributed by atoms with Gasteiger partial charge in [-0.3, -0.25) is 0 Å². The summed E-state index contributed by atoms with van der Waals surface area (Å²) >= 11 is 0. The number of hydrogen-bond acceptors (Lipinski definition) is 2. The lowest BCUT2D eigenvalue weighted by atomic mass is 9.94. The smallest absolute Gasteiger partial charge is 0.356 e. The Morgan fingerprint density at radius 2 is 1.32 bits per heavy atom. The summed E-state index contributed by atoms with van der Waals surface area (Å²) in [5.74, 6) is 0. The molecule has 2 nitrogen and oxygen atoms in total. The van der Waals surface area contributed by atoms with Gasteiger partial charge in [0.1, 0.15) is 0 Å². The Balaban J connectivity index is 2.76. The van der Waals surface area contributed by atoms with Gasteiger partial charge in [-0.1, -0.05) is 25.7 Å². The van der Waals surface area contributed by atoms with Crippen molar-refractivity contribution in [3.63, 3.8) is 0 Å². The lowest BCUT2D eigenvalue weighted by Crippen LogP contribution is -2.50. The van der Waals surface area contributed by atoms with Gasteiger partial charge in [-0.05, 0) is 12.8 Å². The van der Waals surface area contributed by atoms with Crippen molar-refractivity contribution >= 4 is 0 Å². The first kappa shape index (κ1) is 16.6. The molecule has 1 aliphatic rings. The normalized spacial score (nSPS) is 27.2. The van der Waals surface area contributed by atoms with Crippen LogP contribution in [0.1, 0.15) is 38.5 Å². The summed E-state index contributed by atoms with van der Waals surface area (Å²) in [5.41, 5.74) is 5.62. The lowest BCUT2D eigenvalue weighted by Gasteiger charge is -2.32. The van der Waals surface area contributed by atoms with E-state index in [1.807, 2.05) is 0 Å². The topological polar surface area (TPSA) is 35.2 Å². The molecule has 0 aliphatic heterocycles. The van der Waals surface area contributed by atoms with Crippen LogP contribution in [0.3, 0.4) is 0 Å². The summed E-state index contributed by atoms with van der Waals surface area (Å²) in [6.45, 7) is 0. The van der Waals surface area contributed by atoms with E-state index in [0.717, 1.165) is 12.8 Å². The Bertz CT molecular complexity index is 263. The minimum Gasteiger partial charge on any atom is -0.356 e. The lowest BCUT2D eigenvalue weighted by molar-refractivity contribution is -0.332. The van der Waals surface area contributed by atoms with Gasteiger partial charge in [-0.25, -0.2) is 0 Å². The second-order valence-corrected chi connectivity index (χ2v) is 4.79. The molecule has 0 amide bonds. The van der Waals surface area contributed by atoms with E-state index in [4.69, 9.17) is 5.73 Å². The molecule has 2 unspecified atom stereocenters. The molecule has 0 saturated heterocycles. The van der Waals surface area contributed by atoms with Crippen LogP contribution >= 0.6 is 0 Å². The number of halogens is 6. The number of ether oxygens (including phenoxy) is 1. The van der Waals surface area contributed by atoms with Gasteiger partial charge < -0.3 is 10.5 Å². The van der Waals surface area contributed by atoms with Gasteiger partial charge in [-0.2, -0.15) is 26.3 Å². The van der Waals surface area contributed by atoms with E-state index in [9.17, 15) is 26.3 Å². The molecule has 1 fully saturated rings. The molecule has 114 valence electrons. The van der Waals surface area contributed by atoms with Crippen molar-refractivity contribution < 1.29 is 31.1 Å². The standard InChI is InChI=1S/C11H17F6NO/c12-10(13,14)9(11(15,16)17)19-8-6-4-2-1-3-5-7(8)18/h7-9H,1-6,18H2. The van der Waals surface area contributed by atoms with Gasteiger partial charge in [-0.15, -0.1) is 0 Å². The maximum Gasteiger partial charge on any atom is 0.423 e. The second kappa shape index (κ2) is 6.30. The van der Waals surface area contributed by atoms with Crippen molar-refractivity contribution in [1.82, 2.24) is 0 Å². The van der Waals surface area contributed by atoms with E-state index in [1.165, 1.54) is 0 Å². The van der Waals surface area contributed by atoms with E-state index < -0.39 is 30.6 Å². The summed E-state index contributed by atoms with van der Waals surface area (Å²) in [7, 11) is 0. The maximum atomic E-state index is 12.4. The van der Waals surface area contributed by atoms with Crippen LogP contribution in [-0.2, 0) is 4.74 Å². The van der Waals surface area contributed by atoms with Gasteiger partial charge in [0.2, 0.25) is 6.10 Å². The molecule has 1 aliphatic carbocycles. The first-order valence-electron chi connectivity index (χ1n) is 6.17. The molecule has 0 heterocycles. The Morgan fingerprint density at radius 1 is 0.842 bits per heavy atom. The highest BCUT2D eigenvalue weighted by Gasteiger charge is 2.59. The third-order valence-corrected chi connectivity index (χ3v) is 3.16. The monoisotopic (exact) mass is 293 g/mol. The molecule has 0 spiro atoms. The van der Waals surface area contributed by atoms with Crippen molar-refractivity contribution in [1.29, 1.82) is 0 Å². The van der Waals surface area contributed by atoms with Gasteiger partial charge in [0.15, 0.2) is 0 Å². The minimum atomic E-state index is -5.47. The predicted octanol–water partition coefficient (Wildman–Crippen LogP) is 3.55. The summed E-state index contributed by atoms with van der Waals surface area (Å²) in [6, 6.07) is -0.785. The second-order valence-electron chi connectivity index (χ2n) is 4.79. The van der Waals surface area contributed by atoms with Crippen LogP contribution in [0.5, 0.6) is 0 Å². The zero-order chi connectivity index (χ0) is 14.7. The van der Waals surface area contributed by atoms with Crippen molar-refractivity contribution in [3.05, 3.63) is 0 Å². The summed E-state index contributed by atoms with van der Waals surface area (Å²) in [5, 5.41) is 0. The quantitative estimate of drug-likeness (QED) is 0.790. The molecule has 8 heteroatoms. The zero-order valence-corrected chi connectivity index (χ0v) is 10.2. The molecule has 2 N–H and O–H groups in total. The number of nitrogens with two attached hydrogens (primary N) is 1. The van der Waals surface area contributed by atoms with E-state index in [2.05, 4.69) is 4.74 Å². The number of rotatable bonds is 2. The molecule has 0 bridgehead atoms. The molecule has 0 radical (unpaired) electrons. The fraction of sp³-hybridized carbons (Fsp3) is 1.00. The highest BCUT2D eigenvalue weighted by molar-refractivity contribution is 4.82. The average molecular weight is 293 g/mol. The molecule has 1 saturated carbocycles. The van der Waals surface area contributed by atoms with Crippen LogP contribution in [0.2, 0.25) is 0 Å². The fourth-order valence-corrected chi connectivity index (χ4v) is 2.16. The third kappa shape index (κ3) is 5.18. The van der Waals surface area contributed by atoms with Gasteiger partial charge in [0.05, 0.1) is 6.10 Å². The molecular formula is C11H17F6NO. The molecule has 0 aromatic rings. The van der Waals surface area contributed by atoms with Gasteiger partial charge in [0, 0.05) is 6.04 Å². The van der Waals surface area contributed by atoms with E-state index >= 15 is 0 Å². The number of alkyl halides is 6. The zero-order valence-electron chi connectivity index (χ0n) is 10.2. The van der Waals surface area contributed by atoms with Crippen molar-refractivity contribution in [3.8, 4) is 0 Å².